The smallest absolute Gasteiger partial charge is 0.284 e. The van der Waals surface area contributed by atoms with E-state index in [1.165, 1.54) is 0 Å². The number of rotatable bonds is 9. The van der Waals surface area contributed by atoms with E-state index >= 15 is 0 Å². The molecule has 0 aliphatic rings. The Morgan fingerprint density at radius 1 is 0.952 bits per heavy atom. The molecule has 0 aromatic carbocycles. The highest BCUT2D eigenvalue weighted by atomic mass is 31.2. The van der Waals surface area contributed by atoms with Crippen molar-refractivity contribution in [3.63, 3.8) is 0 Å². The molecular formula is C13H29O6P2+. The van der Waals surface area contributed by atoms with Crippen LogP contribution in [0.4, 0.5) is 0 Å². The molecule has 6 nitrogen and oxygen atoms in total. The topological polar surface area (TPSA) is 71.1 Å². The van der Waals surface area contributed by atoms with E-state index in [4.69, 9.17) is 17.9 Å². The van der Waals surface area contributed by atoms with E-state index in [0.29, 0.717) is 6.42 Å². The molecule has 0 saturated carbocycles. The fourth-order valence-electron chi connectivity index (χ4n) is 0.901. The van der Waals surface area contributed by atoms with Crippen molar-refractivity contribution in [3.05, 3.63) is 0 Å². The number of phosphoric ester groups is 1. The second kappa shape index (κ2) is 8.71. The number of hydrogen-bond donors (Lipinski definition) is 0. The van der Waals surface area contributed by atoms with E-state index in [2.05, 4.69) is 0 Å². The van der Waals surface area contributed by atoms with Gasteiger partial charge in [0.1, 0.15) is 6.61 Å². The highest BCUT2D eigenvalue weighted by molar-refractivity contribution is 7.56. The van der Waals surface area contributed by atoms with Crippen molar-refractivity contribution in [2.45, 2.75) is 54.9 Å². The maximum absolute atomic E-state index is 12.5. The highest BCUT2D eigenvalue weighted by Gasteiger charge is 2.42. The van der Waals surface area contributed by atoms with Crippen LogP contribution in [0.3, 0.4) is 0 Å². The Bertz CT molecular complexity index is 348. The first kappa shape index (κ1) is 21.2. The minimum Gasteiger partial charge on any atom is -0.284 e. The molecule has 1 atom stereocenters. The van der Waals surface area contributed by atoms with Crippen LogP contribution in [-0.4, -0.2) is 19.8 Å². The lowest BCUT2D eigenvalue weighted by atomic mass is 9.99. The second-order valence-electron chi connectivity index (χ2n) is 7.25. The Kier molecular flexibility index (Phi) is 8.78. The van der Waals surface area contributed by atoms with Gasteiger partial charge in [0.05, 0.1) is 13.2 Å². The first-order valence-corrected chi connectivity index (χ1v) is 9.61. The van der Waals surface area contributed by atoms with Crippen molar-refractivity contribution in [1.29, 1.82) is 0 Å². The highest BCUT2D eigenvalue weighted by Crippen LogP contribution is 2.58. The van der Waals surface area contributed by atoms with Gasteiger partial charge in [0.2, 0.25) is 0 Å². The Hall–Kier alpha value is 0.170. The van der Waals surface area contributed by atoms with Gasteiger partial charge in [-0.05, 0) is 21.6 Å². The SMILES string of the molecule is CCCO[P+](=O)OP(=O)(OCC(C)(C)C)OCC(C)(C)C. The summed E-state index contributed by atoms with van der Waals surface area (Å²) in [6, 6.07) is 0. The second-order valence-corrected chi connectivity index (χ2v) is 10.0. The molecule has 0 radical (unpaired) electrons. The van der Waals surface area contributed by atoms with Crippen molar-refractivity contribution in [2.75, 3.05) is 19.8 Å². The molecule has 0 spiro atoms. The molecule has 126 valence electrons. The average molecular weight is 343 g/mol. The lowest BCUT2D eigenvalue weighted by molar-refractivity contribution is 0.0893. The van der Waals surface area contributed by atoms with Gasteiger partial charge >= 0.3 is 16.1 Å². The van der Waals surface area contributed by atoms with Crippen molar-refractivity contribution >= 4 is 16.1 Å². The summed E-state index contributed by atoms with van der Waals surface area (Å²) in [5.41, 5.74) is -0.444. The molecular weight excluding hydrogens is 314 g/mol. The van der Waals surface area contributed by atoms with Gasteiger partial charge in [-0.3, -0.25) is 9.05 Å². The number of hydrogen-bond acceptors (Lipinski definition) is 6. The Labute approximate surface area is 129 Å². The van der Waals surface area contributed by atoms with Crippen LogP contribution in [0, 0.1) is 10.8 Å². The normalized spacial score (nSPS) is 14.3. The van der Waals surface area contributed by atoms with Crippen LogP contribution in [0.1, 0.15) is 54.9 Å². The molecule has 0 aromatic rings. The van der Waals surface area contributed by atoms with E-state index in [-0.39, 0.29) is 30.7 Å². The third-order valence-corrected chi connectivity index (χ3v) is 4.50. The summed E-state index contributed by atoms with van der Waals surface area (Å²) in [6.07, 6.45) is 0.681. The van der Waals surface area contributed by atoms with Crippen molar-refractivity contribution < 1.29 is 27.0 Å². The monoisotopic (exact) mass is 343 g/mol. The van der Waals surface area contributed by atoms with Gasteiger partial charge in [0.25, 0.3) is 0 Å². The van der Waals surface area contributed by atoms with Gasteiger partial charge in [0, 0.05) is 4.57 Å². The Morgan fingerprint density at radius 3 is 1.71 bits per heavy atom. The Balaban J connectivity index is 4.74. The summed E-state index contributed by atoms with van der Waals surface area (Å²) in [5, 5.41) is 0. The molecule has 21 heavy (non-hydrogen) atoms. The molecule has 0 aliphatic heterocycles. The average Bonchev–Trinajstić information content (AvgIpc) is 2.30. The molecule has 0 saturated heterocycles. The first-order chi connectivity index (χ1) is 9.37. The first-order valence-electron chi connectivity index (χ1n) is 7.06. The van der Waals surface area contributed by atoms with E-state index in [1.54, 1.807) is 0 Å². The molecule has 8 heteroatoms. The van der Waals surface area contributed by atoms with Crippen LogP contribution in [0.15, 0.2) is 0 Å². The van der Waals surface area contributed by atoms with Crippen LogP contribution in [0.25, 0.3) is 0 Å². The maximum Gasteiger partial charge on any atom is 0.708 e. The fourth-order valence-corrected chi connectivity index (χ4v) is 3.62. The predicted octanol–water partition coefficient (Wildman–Crippen LogP) is 5.32. The lowest BCUT2D eigenvalue weighted by Crippen LogP contribution is -2.17. The zero-order chi connectivity index (χ0) is 16.7. The van der Waals surface area contributed by atoms with E-state index in [0.717, 1.165) is 0 Å². The lowest BCUT2D eigenvalue weighted by Gasteiger charge is -2.23. The molecule has 0 amide bonds. The molecule has 0 fully saturated rings. The van der Waals surface area contributed by atoms with Gasteiger partial charge in [-0.15, -0.1) is 4.52 Å². The molecule has 0 bridgehead atoms. The van der Waals surface area contributed by atoms with Gasteiger partial charge < -0.3 is 0 Å². The van der Waals surface area contributed by atoms with Gasteiger partial charge in [0.15, 0.2) is 0 Å². The third kappa shape index (κ3) is 12.4. The summed E-state index contributed by atoms with van der Waals surface area (Å²) < 4.78 is 44.6. The van der Waals surface area contributed by atoms with Crippen LogP contribution in [-0.2, 0) is 27.0 Å². The zero-order valence-corrected chi connectivity index (χ0v) is 16.0. The largest absolute Gasteiger partial charge is 0.708 e. The standard InChI is InChI=1S/C13H29O6P2/c1-8-9-16-20(14)19-21(15,17-10-12(2,3)4)18-11-13(5,6)7/h8-11H2,1-7H3/q+1. The van der Waals surface area contributed by atoms with E-state index < -0.39 is 16.1 Å². The van der Waals surface area contributed by atoms with Crippen molar-refractivity contribution in [1.82, 2.24) is 0 Å². The van der Waals surface area contributed by atoms with Crippen LogP contribution < -0.4 is 0 Å². The summed E-state index contributed by atoms with van der Waals surface area (Å²) in [5.74, 6) is 0. The molecule has 1 unspecified atom stereocenters. The summed E-state index contributed by atoms with van der Waals surface area (Å²) in [6.45, 7) is 14.0. The molecule has 0 heterocycles. The fraction of sp³-hybridized carbons (Fsp3) is 1.00. The molecule has 0 rings (SSSR count). The number of phosphoric acid groups is 1. The van der Waals surface area contributed by atoms with Gasteiger partial charge in [-0.2, -0.15) is 0 Å². The summed E-state index contributed by atoms with van der Waals surface area (Å²) in [4.78, 5) is 0. The predicted molar refractivity (Wildman–Crippen MR) is 83.4 cm³/mol. The van der Waals surface area contributed by atoms with E-state index in [9.17, 15) is 9.13 Å². The molecule has 0 N–H and O–H groups in total. The quantitative estimate of drug-likeness (QED) is 0.528. The van der Waals surface area contributed by atoms with Crippen LogP contribution >= 0.6 is 16.1 Å². The van der Waals surface area contributed by atoms with Gasteiger partial charge in [-0.25, -0.2) is 4.57 Å². The van der Waals surface area contributed by atoms with Crippen molar-refractivity contribution in [3.8, 4) is 0 Å². The third-order valence-electron chi connectivity index (χ3n) is 1.88. The minimum atomic E-state index is -3.92. The maximum atomic E-state index is 12.5. The van der Waals surface area contributed by atoms with Crippen molar-refractivity contribution in [2.24, 2.45) is 10.8 Å². The van der Waals surface area contributed by atoms with Crippen LogP contribution in [0.5, 0.6) is 0 Å². The summed E-state index contributed by atoms with van der Waals surface area (Å²) >= 11 is 0. The zero-order valence-electron chi connectivity index (χ0n) is 14.2. The van der Waals surface area contributed by atoms with Crippen LogP contribution in [0.2, 0.25) is 0 Å². The Morgan fingerprint density at radius 2 is 1.38 bits per heavy atom. The summed E-state index contributed by atoms with van der Waals surface area (Å²) in [7, 11) is -6.45. The van der Waals surface area contributed by atoms with E-state index in [1.807, 2.05) is 48.5 Å². The van der Waals surface area contributed by atoms with Gasteiger partial charge in [-0.1, -0.05) is 48.5 Å². The molecule has 0 aromatic heterocycles. The molecule has 0 aliphatic carbocycles. The minimum absolute atomic E-state index is 0.158.